The summed E-state index contributed by atoms with van der Waals surface area (Å²) in [6, 6.07) is 0.794. The molecule has 0 aromatic heterocycles. The molecule has 4 nitrogen and oxygen atoms in total. The predicted octanol–water partition coefficient (Wildman–Crippen LogP) is 1.90. The van der Waals surface area contributed by atoms with Gasteiger partial charge in [-0.15, -0.1) is 0 Å². The Morgan fingerprint density at radius 2 is 1.84 bits per heavy atom. The van der Waals surface area contributed by atoms with Crippen molar-refractivity contribution in [3.8, 4) is 0 Å². The van der Waals surface area contributed by atoms with Crippen molar-refractivity contribution in [2.75, 3.05) is 27.2 Å². The summed E-state index contributed by atoms with van der Waals surface area (Å²) in [6.07, 6.45) is 5.29. The average molecular weight is 268 g/mol. The molecule has 0 bridgehead atoms. The van der Waals surface area contributed by atoms with Crippen molar-refractivity contribution in [3.05, 3.63) is 0 Å². The van der Waals surface area contributed by atoms with Crippen molar-refractivity contribution < 1.29 is 9.90 Å². The maximum absolute atomic E-state index is 11.5. The van der Waals surface area contributed by atoms with Crippen LogP contribution in [0.1, 0.15) is 39.0 Å². The lowest BCUT2D eigenvalue weighted by Crippen LogP contribution is -2.52. The summed E-state index contributed by atoms with van der Waals surface area (Å²) in [4.78, 5) is 16.2. The molecule has 1 saturated heterocycles. The average Bonchev–Trinajstić information content (AvgIpc) is 2.38. The number of rotatable bonds is 3. The molecule has 0 spiro atoms. The van der Waals surface area contributed by atoms with Gasteiger partial charge in [-0.2, -0.15) is 0 Å². The molecular formula is C15H28N2O2. The Labute approximate surface area is 116 Å². The Hall–Kier alpha value is -0.610. The van der Waals surface area contributed by atoms with Gasteiger partial charge in [0.2, 0.25) is 0 Å². The maximum Gasteiger partial charge on any atom is 0.308 e. The summed E-state index contributed by atoms with van der Waals surface area (Å²) in [5.41, 5.74) is 0. The highest BCUT2D eigenvalue weighted by Gasteiger charge is 2.38. The van der Waals surface area contributed by atoms with Gasteiger partial charge in [-0.05, 0) is 65.2 Å². The Balaban J connectivity index is 2.01. The van der Waals surface area contributed by atoms with Gasteiger partial charge in [0, 0.05) is 12.1 Å². The van der Waals surface area contributed by atoms with Gasteiger partial charge in [0.15, 0.2) is 0 Å². The second-order valence-corrected chi connectivity index (χ2v) is 6.63. The lowest BCUT2D eigenvalue weighted by molar-refractivity contribution is -0.146. The van der Waals surface area contributed by atoms with Crippen LogP contribution in [0.3, 0.4) is 0 Å². The highest BCUT2D eigenvalue weighted by molar-refractivity contribution is 5.71. The molecule has 110 valence electrons. The fourth-order valence-corrected chi connectivity index (χ4v) is 3.76. The summed E-state index contributed by atoms with van der Waals surface area (Å²) in [7, 11) is 4.31. The number of carbonyl (C=O) groups is 1. The second-order valence-electron chi connectivity index (χ2n) is 6.63. The summed E-state index contributed by atoms with van der Waals surface area (Å²) in [5, 5.41) is 9.45. The van der Waals surface area contributed by atoms with Crippen LogP contribution in [0, 0.1) is 11.8 Å². The molecule has 1 aliphatic heterocycles. The summed E-state index contributed by atoms with van der Waals surface area (Å²) < 4.78 is 0. The number of aliphatic carboxylic acids is 1. The number of piperidine rings is 1. The third-order valence-electron chi connectivity index (χ3n) is 5.18. The van der Waals surface area contributed by atoms with Crippen LogP contribution in [0.4, 0.5) is 0 Å². The van der Waals surface area contributed by atoms with Gasteiger partial charge in [0.1, 0.15) is 0 Å². The van der Waals surface area contributed by atoms with E-state index < -0.39 is 5.97 Å². The molecule has 0 aromatic rings. The quantitative estimate of drug-likeness (QED) is 0.849. The number of hydrogen-bond donors (Lipinski definition) is 1. The van der Waals surface area contributed by atoms with E-state index in [9.17, 15) is 9.90 Å². The highest BCUT2D eigenvalue weighted by atomic mass is 16.4. The standard InChI is InChI=1S/C15H28N2O2/c1-11-4-5-13(15(18)19)14(10-11)17(3)12-6-8-16(2)9-7-12/h11-14H,4-10H2,1-3H3,(H,18,19). The summed E-state index contributed by atoms with van der Waals surface area (Å²) in [5.74, 6) is -0.105. The molecule has 2 aliphatic rings. The first-order valence-corrected chi connectivity index (χ1v) is 7.62. The predicted molar refractivity (Wildman–Crippen MR) is 76.2 cm³/mol. The van der Waals surface area contributed by atoms with Crippen LogP contribution in [0.15, 0.2) is 0 Å². The topological polar surface area (TPSA) is 43.8 Å². The van der Waals surface area contributed by atoms with E-state index in [0.717, 1.165) is 32.4 Å². The lowest BCUT2D eigenvalue weighted by Gasteiger charge is -2.44. The van der Waals surface area contributed by atoms with E-state index in [1.807, 2.05) is 0 Å². The molecule has 3 atom stereocenters. The van der Waals surface area contributed by atoms with Crippen molar-refractivity contribution >= 4 is 5.97 Å². The summed E-state index contributed by atoms with van der Waals surface area (Å²) in [6.45, 7) is 4.53. The normalized spacial score (nSPS) is 34.6. The lowest BCUT2D eigenvalue weighted by atomic mass is 9.77. The molecule has 0 aromatic carbocycles. The molecule has 2 fully saturated rings. The number of hydrogen-bond acceptors (Lipinski definition) is 3. The van der Waals surface area contributed by atoms with Gasteiger partial charge in [0.05, 0.1) is 5.92 Å². The van der Waals surface area contributed by atoms with E-state index in [2.05, 4.69) is 30.8 Å². The highest BCUT2D eigenvalue weighted by Crippen LogP contribution is 2.34. The van der Waals surface area contributed by atoms with Crippen LogP contribution in [0.2, 0.25) is 0 Å². The Bertz CT molecular complexity index is 313. The van der Waals surface area contributed by atoms with Crippen LogP contribution in [-0.4, -0.2) is 60.1 Å². The third-order valence-corrected chi connectivity index (χ3v) is 5.18. The largest absolute Gasteiger partial charge is 0.481 e. The number of carboxylic acid groups (broad SMARTS) is 1. The van der Waals surface area contributed by atoms with E-state index in [4.69, 9.17) is 0 Å². The zero-order valence-corrected chi connectivity index (χ0v) is 12.5. The van der Waals surface area contributed by atoms with Gasteiger partial charge >= 0.3 is 5.97 Å². The molecule has 1 heterocycles. The fraction of sp³-hybridized carbons (Fsp3) is 0.933. The molecule has 4 heteroatoms. The van der Waals surface area contributed by atoms with Crippen LogP contribution in [0.5, 0.6) is 0 Å². The first-order valence-electron chi connectivity index (χ1n) is 7.62. The molecule has 0 radical (unpaired) electrons. The molecule has 1 N–H and O–H groups in total. The SMILES string of the molecule is CC1CCC(C(=O)O)C(N(C)C2CCN(C)CC2)C1. The van der Waals surface area contributed by atoms with E-state index in [0.29, 0.717) is 12.0 Å². The molecular weight excluding hydrogens is 240 g/mol. The van der Waals surface area contributed by atoms with E-state index >= 15 is 0 Å². The van der Waals surface area contributed by atoms with Crippen molar-refractivity contribution in [1.29, 1.82) is 0 Å². The zero-order valence-electron chi connectivity index (χ0n) is 12.5. The monoisotopic (exact) mass is 268 g/mol. The Morgan fingerprint density at radius 1 is 1.21 bits per heavy atom. The van der Waals surface area contributed by atoms with Crippen molar-refractivity contribution in [1.82, 2.24) is 9.80 Å². The van der Waals surface area contributed by atoms with Crippen LogP contribution < -0.4 is 0 Å². The fourth-order valence-electron chi connectivity index (χ4n) is 3.76. The van der Waals surface area contributed by atoms with E-state index in [-0.39, 0.29) is 12.0 Å². The van der Waals surface area contributed by atoms with Gasteiger partial charge in [-0.3, -0.25) is 9.69 Å². The Morgan fingerprint density at radius 3 is 2.42 bits per heavy atom. The molecule has 2 rings (SSSR count). The number of carboxylic acids is 1. The van der Waals surface area contributed by atoms with E-state index in [1.165, 1.54) is 12.8 Å². The minimum Gasteiger partial charge on any atom is -0.481 e. The smallest absolute Gasteiger partial charge is 0.308 e. The minimum absolute atomic E-state index is 0.166. The van der Waals surface area contributed by atoms with Crippen molar-refractivity contribution in [2.24, 2.45) is 11.8 Å². The zero-order chi connectivity index (χ0) is 14.0. The van der Waals surface area contributed by atoms with Crippen molar-refractivity contribution in [2.45, 2.75) is 51.1 Å². The van der Waals surface area contributed by atoms with E-state index in [1.54, 1.807) is 0 Å². The Kier molecular flexibility index (Phi) is 4.85. The van der Waals surface area contributed by atoms with Crippen LogP contribution in [-0.2, 0) is 4.79 Å². The number of nitrogens with zero attached hydrogens (tertiary/aromatic N) is 2. The molecule has 19 heavy (non-hydrogen) atoms. The maximum atomic E-state index is 11.5. The van der Waals surface area contributed by atoms with Gasteiger partial charge in [-0.25, -0.2) is 0 Å². The molecule has 1 aliphatic carbocycles. The number of likely N-dealkylation sites (tertiary alicyclic amines) is 1. The molecule has 1 saturated carbocycles. The molecule has 0 amide bonds. The minimum atomic E-state index is -0.600. The first-order chi connectivity index (χ1) is 8.99. The van der Waals surface area contributed by atoms with Gasteiger partial charge in [-0.1, -0.05) is 6.92 Å². The second kappa shape index (κ2) is 6.23. The summed E-state index contributed by atoms with van der Waals surface area (Å²) >= 11 is 0. The first kappa shape index (κ1) is 14.8. The van der Waals surface area contributed by atoms with Gasteiger partial charge in [0.25, 0.3) is 0 Å². The van der Waals surface area contributed by atoms with Crippen LogP contribution in [0.25, 0.3) is 0 Å². The van der Waals surface area contributed by atoms with Crippen molar-refractivity contribution in [3.63, 3.8) is 0 Å². The van der Waals surface area contributed by atoms with Gasteiger partial charge < -0.3 is 10.0 Å². The third kappa shape index (κ3) is 3.48. The van der Waals surface area contributed by atoms with Crippen LogP contribution >= 0.6 is 0 Å². The molecule has 3 unspecified atom stereocenters.